The van der Waals surface area contributed by atoms with Crippen molar-refractivity contribution < 1.29 is 14.3 Å². The molecule has 2 heterocycles. The van der Waals surface area contributed by atoms with Crippen LogP contribution < -0.4 is 16.2 Å². The highest BCUT2D eigenvalue weighted by atomic mass is 32.1. The van der Waals surface area contributed by atoms with Crippen LogP contribution in [-0.2, 0) is 20.9 Å². The van der Waals surface area contributed by atoms with Gasteiger partial charge in [0.05, 0.1) is 17.7 Å². The van der Waals surface area contributed by atoms with Crippen LogP contribution in [0.3, 0.4) is 0 Å². The molecule has 3 N–H and O–H groups in total. The fourth-order valence-corrected chi connectivity index (χ4v) is 3.30. The number of anilines is 1. The van der Waals surface area contributed by atoms with Crippen molar-refractivity contribution in [3.63, 3.8) is 0 Å². The molecule has 0 aromatic carbocycles. The van der Waals surface area contributed by atoms with Gasteiger partial charge < -0.3 is 14.8 Å². The molecule has 0 saturated carbocycles. The quantitative estimate of drug-likeness (QED) is 0.344. The van der Waals surface area contributed by atoms with Crippen LogP contribution in [0.25, 0.3) is 0 Å². The van der Waals surface area contributed by atoms with Crippen LogP contribution >= 0.6 is 11.3 Å². The van der Waals surface area contributed by atoms with Crippen LogP contribution in [0.5, 0.6) is 0 Å². The van der Waals surface area contributed by atoms with Gasteiger partial charge in [-0.05, 0) is 18.6 Å². The molecule has 0 spiro atoms. The number of methoxy groups -OCH3 is 1. The maximum absolute atomic E-state index is 11.2. The molecule has 7 nitrogen and oxygen atoms in total. The van der Waals surface area contributed by atoms with Gasteiger partial charge in [0.25, 0.3) is 0 Å². The topological polar surface area (TPSA) is 84.5 Å². The summed E-state index contributed by atoms with van der Waals surface area (Å²) in [6, 6.07) is -0.241. The fourth-order valence-electron chi connectivity index (χ4n) is 2.21. The fraction of sp³-hybridized carbons (Fsp3) is 0.400. The highest BCUT2D eigenvalue weighted by Gasteiger charge is 2.28. The van der Waals surface area contributed by atoms with E-state index in [1.807, 2.05) is 32.9 Å². The summed E-state index contributed by atoms with van der Waals surface area (Å²) in [6.45, 7) is 16.1. The molecule has 1 aromatic heterocycles. The summed E-state index contributed by atoms with van der Waals surface area (Å²) < 4.78 is 10.6. The van der Waals surface area contributed by atoms with Crippen molar-refractivity contribution in [3.05, 3.63) is 59.0 Å². The monoisotopic (exact) mass is 406 g/mol. The zero-order valence-corrected chi connectivity index (χ0v) is 18.0. The van der Waals surface area contributed by atoms with Crippen molar-refractivity contribution in [1.82, 2.24) is 15.8 Å². The van der Waals surface area contributed by atoms with Crippen LogP contribution in [-0.4, -0.2) is 24.5 Å². The number of hydrazine groups is 1. The zero-order chi connectivity index (χ0) is 21.1. The van der Waals surface area contributed by atoms with Gasteiger partial charge in [0, 0.05) is 13.5 Å². The molecule has 0 aliphatic carbocycles. The first kappa shape index (κ1) is 23.6. The standard InChI is InChI=1S/C18H24N4O3S.C2H6/c1-6-14(8-7-11(2)24-5)9-19-22-16-12(3)25-10-15-17(16)26-18(21-15)20-13(4)23;1-2/h6-8,16,19,22H,2-3,9-10H2,1,4-5H3,(H,20,21,23);1-2H3/b8-7-,14-6+;. The molecule has 0 saturated heterocycles. The highest BCUT2D eigenvalue weighted by molar-refractivity contribution is 7.16. The lowest BCUT2D eigenvalue weighted by molar-refractivity contribution is -0.114. The number of aromatic nitrogens is 1. The summed E-state index contributed by atoms with van der Waals surface area (Å²) in [5.41, 5.74) is 8.25. The van der Waals surface area contributed by atoms with Crippen LogP contribution in [0.2, 0.25) is 0 Å². The lowest BCUT2D eigenvalue weighted by Crippen LogP contribution is -2.38. The van der Waals surface area contributed by atoms with Crippen molar-refractivity contribution in [3.8, 4) is 0 Å². The molecule has 154 valence electrons. The van der Waals surface area contributed by atoms with Gasteiger partial charge in [-0.2, -0.15) is 0 Å². The van der Waals surface area contributed by atoms with Crippen LogP contribution in [0.4, 0.5) is 5.13 Å². The average Bonchev–Trinajstić information content (AvgIpc) is 3.09. The Bertz CT molecular complexity index is 753. The second kappa shape index (κ2) is 12.1. The van der Waals surface area contributed by atoms with Gasteiger partial charge in [0.15, 0.2) is 5.13 Å². The molecule has 1 aliphatic rings. The lowest BCUT2D eigenvalue weighted by Gasteiger charge is -2.25. The minimum atomic E-state index is -0.241. The number of rotatable bonds is 8. The second-order valence-corrected chi connectivity index (χ2v) is 6.60. The number of allylic oxidation sites excluding steroid dienone is 2. The normalized spacial score (nSPS) is 16.0. The smallest absolute Gasteiger partial charge is 0.223 e. The molecule has 2 rings (SSSR count). The summed E-state index contributed by atoms with van der Waals surface area (Å²) in [6.07, 6.45) is 5.73. The minimum Gasteiger partial charge on any atom is -0.497 e. The Morgan fingerprint density at radius 1 is 1.43 bits per heavy atom. The first-order chi connectivity index (χ1) is 13.4. The maximum Gasteiger partial charge on any atom is 0.223 e. The number of nitrogens with zero attached hydrogens (tertiary/aromatic N) is 1. The number of hydrogen-bond acceptors (Lipinski definition) is 7. The number of carbonyl (C=O) groups excluding carboxylic acids is 1. The largest absolute Gasteiger partial charge is 0.497 e. The van der Waals surface area contributed by atoms with E-state index < -0.39 is 0 Å². The number of fused-ring (bicyclic) bond motifs is 1. The molecule has 1 amide bonds. The van der Waals surface area contributed by atoms with E-state index in [-0.39, 0.29) is 11.9 Å². The number of ether oxygens (including phenoxy) is 2. The van der Waals surface area contributed by atoms with Gasteiger partial charge in [0.2, 0.25) is 5.91 Å². The van der Waals surface area contributed by atoms with E-state index in [1.165, 1.54) is 18.3 Å². The SMILES string of the molecule is C=C(/C=C\C(=C/C)CNNC1C(=C)OCc2nc(NC(C)=O)sc21)OC.CC. The van der Waals surface area contributed by atoms with Gasteiger partial charge in [-0.1, -0.05) is 50.5 Å². The van der Waals surface area contributed by atoms with Gasteiger partial charge in [-0.15, -0.1) is 0 Å². The number of carbonyl (C=O) groups is 1. The predicted molar refractivity (Wildman–Crippen MR) is 115 cm³/mol. The van der Waals surface area contributed by atoms with E-state index in [1.54, 1.807) is 13.2 Å². The molecule has 1 unspecified atom stereocenters. The molecule has 1 atom stereocenters. The molecule has 1 aromatic rings. The molecule has 8 heteroatoms. The third-order valence-corrected chi connectivity index (χ3v) is 4.72. The Morgan fingerprint density at radius 3 is 2.75 bits per heavy atom. The second-order valence-electron chi connectivity index (χ2n) is 5.56. The van der Waals surface area contributed by atoms with Crippen molar-refractivity contribution in [2.24, 2.45) is 0 Å². The van der Waals surface area contributed by atoms with Crippen molar-refractivity contribution in [2.45, 2.75) is 40.3 Å². The lowest BCUT2D eigenvalue weighted by atomic mass is 10.1. The molecule has 0 fully saturated rings. The van der Waals surface area contributed by atoms with Gasteiger partial charge in [0.1, 0.15) is 24.2 Å². The molecule has 1 aliphatic heterocycles. The predicted octanol–water partition coefficient (Wildman–Crippen LogP) is 3.97. The van der Waals surface area contributed by atoms with E-state index in [2.05, 4.69) is 34.3 Å². The first-order valence-corrected chi connectivity index (χ1v) is 9.89. The van der Waals surface area contributed by atoms with Crippen molar-refractivity contribution in [2.75, 3.05) is 19.0 Å². The summed E-state index contributed by atoms with van der Waals surface area (Å²) in [5.74, 6) is 1.04. The summed E-state index contributed by atoms with van der Waals surface area (Å²) in [5, 5.41) is 3.27. The summed E-state index contributed by atoms with van der Waals surface area (Å²) in [4.78, 5) is 16.6. The molecule has 28 heavy (non-hydrogen) atoms. The van der Waals surface area contributed by atoms with E-state index >= 15 is 0 Å². The zero-order valence-electron chi connectivity index (χ0n) is 17.2. The van der Waals surface area contributed by atoms with Crippen LogP contribution in [0, 0.1) is 0 Å². The van der Waals surface area contributed by atoms with Crippen LogP contribution in [0.15, 0.2) is 48.5 Å². The summed E-state index contributed by atoms with van der Waals surface area (Å²) in [7, 11) is 1.58. The third kappa shape index (κ3) is 6.95. The van der Waals surface area contributed by atoms with E-state index in [9.17, 15) is 4.79 Å². The van der Waals surface area contributed by atoms with Gasteiger partial charge >= 0.3 is 0 Å². The number of amides is 1. The van der Waals surface area contributed by atoms with Crippen molar-refractivity contribution in [1.29, 1.82) is 0 Å². The Morgan fingerprint density at radius 2 is 2.14 bits per heavy atom. The van der Waals surface area contributed by atoms with E-state index in [0.29, 0.717) is 29.8 Å². The number of hydrogen-bond donors (Lipinski definition) is 3. The first-order valence-electron chi connectivity index (χ1n) is 9.08. The van der Waals surface area contributed by atoms with Gasteiger partial charge in [-0.25, -0.2) is 10.4 Å². The average molecular weight is 407 g/mol. The van der Waals surface area contributed by atoms with Crippen LogP contribution in [0.1, 0.15) is 44.3 Å². The Hall–Kier alpha value is -2.42. The highest BCUT2D eigenvalue weighted by Crippen LogP contribution is 2.37. The third-order valence-electron chi connectivity index (χ3n) is 3.64. The molecular formula is C20H30N4O3S. The summed E-state index contributed by atoms with van der Waals surface area (Å²) >= 11 is 1.41. The number of nitrogens with one attached hydrogen (secondary N) is 3. The molecule has 0 radical (unpaired) electrons. The Kier molecular flexibility index (Phi) is 10.2. The van der Waals surface area contributed by atoms with E-state index in [0.717, 1.165) is 16.1 Å². The Labute approximate surface area is 171 Å². The Balaban J connectivity index is 0.00000190. The molecular weight excluding hydrogens is 376 g/mol. The van der Waals surface area contributed by atoms with Gasteiger partial charge in [-0.3, -0.25) is 10.2 Å². The minimum absolute atomic E-state index is 0.152. The van der Waals surface area contributed by atoms with E-state index in [4.69, 9.17) is 9.47 Å². The molecule has 0 bridgehead atoms. The number of thiazole rings is 1. The maximum atomic E-state index is 11.2. The van der Waals surface area contributed by atoms with Crippen molar-refractivity contribution >= 4 is 22.4 Å².